The molecule has 0 aromatic heterocycles. The van der Waals surface area contributed by atoms with Gasteiger partial charge in [0.1, 0.15) is 18.6 Å². The van der Waals surface area contributed by atoms with Crippen LogP contribution >= 0.6 is 11.8 Å². The highest BCUT2D eigenvalue weighted by molar-refractivity contribution is 8.00. The van der Waals surface area contributed by atoms with Crippen molar-refractivity contribution in [2.24, 2.45) is 0 Å². The molecular weight excluding hydrogens is 348 g/mol. The van der Waals surface area contributed by atoms with Gasteiger partial charge in [0.05, 0.1) is 12.3 Å². The van der Waals surface area contributed by atoms with Crippen LogP contribution in [0.3, 0.4) is 0 Å². The fourth-order valence-corrected chi connectivity index (χ4v) is 4.15. The molecule has 1 unspecified atom stereocenters. The Morgan fingerprint density at radius 1 is 1.12 bits per heavy atom. The first-order valence-electron chi connectivity index (χ1n) is 7.87. The molecule has 2 aliphatic rings. The van der Waals surface area contributed by atoms with Crippen LogP contribution in [0.4, 0.5) is 8.78 Å². The first kappa shape index (κ1) is 16.2. The van der Waals surface area contributed by atoms with E-state index in [1.165, 1.54) is 23.9 Å². The molecule has 4 rings (SSSR count). The third kappa shape index (κ3) is 3.04. The molecule has 1 fully saturated rings. The summed E-state index contributed by atoms with van der Waals surface area (Å²) in [6.07, 6.45) is 0. The second-order valence-electron chi connectivity index (χ2n) is 5.80. The molecule has 0 bridgehead atoms. The molecule has 7 heteroatoms. The van der Waals surface area contributed by atoms with Gasteiger partial charge >= 0.3 is 0 Å². The second kappa shape index (κ2) is 6.55. The summed E-state index contributed by atoms with van der Waals surface area (Å²) < 4.78 is 38.5. The molecule has 2 aliphatic heterocycles. The Balaban J connectivity index is 1.63. The molecule has 130 valence electrons. The monoisotopic (exact) mass is 363 g/mol. The lowest BCUT2D eigenvalue weighted by Crippen LogP contribution is -2.28. The number of benzene rings is 2. The number of amides is 1. The Kier molecular flexibility index (Phi) is 4.25. The zero-order valence-electron chi connectivity index (χ0n) is 13.2. The molecule has 1 saturated heterocycles. The smallest absolute Gasteiger partial charge is 0.234 e. The number of carbonyl (C=O) groups is 1. The molecule has 1 amide bonds. The van der Waals surface area contributed by atoms with Crippen molar-refractivity contribution in [1.82, 2.24) is 4.90 Å². The van der Waals surface area contributed by atoms with Crippen molar-refractivity contribution < 1.29 is 23.0 Å². The van der Waals surface area contributed by atoms with E-state index in [0.29, 0.717) is 30.5 Å². The van der Waals surface area contributed by atoms with Gasteiger partial charge in [-0.25, -0.2) is 8.78 Å². The average molecular weight is 363 g/mol. The van der Waals surface area contributed by atoms with Crippen molar-refractivity contribution in [3.8, 4) is 11.5 Å². The zero-order chi connectivity index (χ0) is 17.4. The highest BCUT2D eigenvalue weighted by Crippen LogP contribution is 2.43. The van der Waals surface area contributed by atoms with Crippen LogP contribution in [0.2, 0.25) is 0 Å². The van der Waals surface area contributed by atoms with E-state index < -0.39 is 11.6 Å². The fourth-order valence-electron chi connectivity index (χ4n) is 2.97. The Morgan fingerprint density at radius 2 is 1.92 bits per heavy atom. The molecule has 2 aromatic carbocycles. The summed E-state index contributed by atoms with van der Waals surface area (Å²) in [6, 6.07) is 9.54. The number of nitrogens with zero attached hydrogens (tertiary/aromatic N) is 1. The summed E-state index contributed by atoms with van der Waals surface area (Å²) >= 11 is 1.46. The predicted octanol–water partition coefficient (Wildman–Crippen LogP) is 3.51. The maximum atomic E-state index is 14.0. The van der Waals surface area contributed by atoms with Gasteiger partial charge in [0.2, 0.25) is 5.91 Å². The van der Waals surface area contributed by atoms with E-state index >= 15 is 0 Å². The zero-order valence-corrected chi connectivity index (χ0v) is 14.0. The standard InChI is InChI=1S/C18H15F2NO3S/c19-13-3-1-2-12(17(13)20)9-21-16(22)10-25-18(21)11-4-5-14-15(8-11)24-7-6-23-14/h1-5,8,18H,6-7,9-10H2. The molecule has 0 aliphatic carbocycles. The van der Waals surface area contributed by atoms with E-state index in [1.807, 2.05) is 18.2 Å². The molecule has 0 N–H and O–H groups in total. The van der Waals surface area contributed by atoms with Gasteiger partial charge in [0.15, 0.2) is 23.1 Å². The largest absolute Gasteiger partial charge is 0.486 e. The van der Waals surface area contributed by atoms with E-state index in [2.05, 4.69) is 0 Å². The predicted molar refractivity (Wildman–Crippen MR) is 89.5 cm³/mol. The molecule has 25 heavy (non-hydrogen) atoms. The molecule has 2 aromatic rings. The van der Waals surface area contributed by atoms with Crippen molar-refractivity contribution in [2.45, 2.75) is 11.9 Å². The minimum absolute atomic E-state index is 0.0224. The second-order valence-corrected chi connectivity index (χ2v) is 6.87. The molecule has 2 heterocycles. The number of thioether (sulfide) groups is 1. The normalized spacial score (nSPS) is 19.4. The molecular formula is C18H15F2NO3S. The summed E-state index contributed by atoms with van der Waals surface area (Å²) in [4.78, 5) is 13.8. The van der Waals surface area contributed by atoms with E-state index in [9.17, 15) is 13.6 Å². The van der Waals surface area contributed by atoms with Crippen LogP contribution in [0.25, 0.3) is 0 Å². The van der Waals surface area contributed by atoms with Gasteiger partial charge in [-0.2, -0.15) is 0 Å². The highest BCUT2D eigenvalue weighted by Gasteiger charge is 2.34. The summed E-state index contributed by atoms with van der Waals surface area (Å²) in [7, 11) is 0. The molecule has 0 radical (unpaired) electrons. The maximum absolute atomic E-state index is 14.0. The SMILES string of the molecule is O=C1CSC(c2ccc3c(c2)OCCO3)N1Cc1cccc(F)c1F. The number of halogens is 2. The topological polar surface area (TPSA) is 38.8 Å². The number of fused-ring (bicyclic) bond motifs is 1. The van der Waals surface area contributed by atoms with Crippen molar-refractivity contribution in [1.29, 1.82) is 0 Å². The summed E-state index contributed by atoms with van der Waals surface area (Å²) in [5.41, 5.74) is 1.04. The molecule has 4 nitrogen and oxygen atoms in total. The molecule has 0 saturated carbocycles. The van der Waals surface area contributed by atoms with E-state index in [-0.39, 0.29) is 23.4 Å². The lowest BCUT2D eigenvalue weighted by molar-refractivity contribution is -0.128. The lowest BCUT2D eigenvalue weighted by Gasteiger charge is -2.26. The third-order valence-electron chi connectivity index (χ3n) is 4.19. The minimum atomic E-state index is -0.910. The van der Waals surface area contributed by atoms with Crippen LogP contribution in [-0.2, 0) is 11.3 Å². The summed E-state index contributed by atoms with van der Waals surface area (Å²) in [5, 5.41) is -0.272. The quantitative estimate of drug-likeness (QED) is 0.837. The van der Waals surface area contributed by atoms with E-state index in [4.69, 9.17) is 9.47 Å². The number of carbonyl (C=O) groups excluding carboxylic acids is 1. The summed E-state index contributed by atoms with van der Waals surface area (Å²) in [5.74, 6) is -0.308. The van der Waals surface area contributed by atoms with Gasteiger partial charge in [0, 0.05) is 5.56 Å². The van der Waals surface area contributed by atoms with Crippen molar-refractivity contribution in [3.63, 3.8) is 0 Å². The molecule has 1 atom stereocenters. The number of ether oxygens (including phenoxy) is 2. The summed E-state index contributed by atoms with van der Waals surface area (Å²) in [6.45, 7) is 1.01. The Labute approximate surface area is 147 Å². The number of rotatable bonds is 3. The Morgan fingerprint density at radius 3 is 2.76 bits per heavy atom. The number of hydrogen-bond donors (Lipinski definition) is 0. The average Bonchev–Trinajstić information content (AvgIpc) is 2.99. The van der Waals surface area contributed by atoms with Gasteiger partial charge in [-0.05, 0) is 23.8 Å². The first-order valence-corrected chi connectivity index (χ1v) is 8.92. The first-order chi connectivity index (χ1) is 12.1. The van der Waals surface area contributed by atoms with Crippen molar-refractivity contribution in [2.75, 3.05) is 19.0 Å². The van der Waals surface area contributed by atoms with Crippen LogP contribution in [0.5, 0.6) is 11.5 Å². The lowest BCUT2D eigenvalue weighted by atomic mass is 10.1. The van der Waals surface area contributed by atoms with Crippen LogP contribution in [0, 0.1) is 11.6 Å². The minimum Gasteiger partial charge on any atom is -0.486 e. The van der Waals surface area contributed by atoms with Crippen molar-refractivity contribution in [3.05, 3.63) is 59.2 Å². The molecule has 0 spiro atoms. The Hall–Kier alpha value is -2.28. The van der Waals surface area contributed by atoms with Crippen molar-refractivity contribution >= 4 is 17.7 Å². The third-order valence-corrected chi connectivity index (χ3v) is 5.45. The maximum Gasteiger partial charge on any atom is 0.234 e. The van der Waals surface area contributed by atoms with Gasteiger partial charge in [0.25, 0.3) is 0 Å². The number of hydrogen-bond acceptors (Lipinski definition) is 4. The van der Waals surface area contributed by atoms with Crippen LogP contribution in [0.1, 0.15) is 16.5 Å². The highest BCUT2D eigenvalue weighted by atomic mass is 32.2. The Bertz CT molecular complexity index is 830. The van der Waals surface area contributed by atoms with Gasteiger partial charge in [-0.3, -0.25) is 4.79 Å². The van der Waals surface area contributed by atoms with Gasteiger partial charge in [-0.1, -0.05) is 18.2 Å². The van der Waals surface area contributed by atoms with Crippen LogP contribution in [-0.4, -0.2) is 29.8 Å². The van der Waals surface area contributed by atoms with Gasteiger partial charge < -0.3 is 14.4 Å². The van der Waals surface area contributed by atoms with E-state index in [0.717, 1.165) is 11.6 Å². The van der Waals surface area contributed by atoms with Crippen LogP contribution < -0.4 is 9.47 Å². The fraction of sp³-hybridized carbons (Fsp3) is 0.278. The van der Waals surface area contributed by atoms with E-state index in [1.54, 1.807) is 4.90 Å². The van der Waals surface area contributed by atoms with Gasteiger partial charge in [-0.15, -0.1) is 11.8 Å². The van der Waals surface area contributed by atoms with Crippen LogP contribution in [0.15, 0.2) is 36.4 Å².